The maximum atomic E-state index is 5.15. The van der Waals surface area contributed by atoms with E-state index in [1.165, 1.54) is 0 Å². The molecule has 1 N–H and O–H groups in total. The van der Waals surface area contributed by atoms with Crippen molar-refractivity contribution in [3.05, 3.63) is 24.2 Å². The summed E-state index contributed by atoms with van der Waals surface area (Å²) in [7, 11) is 0. The van der Waals surface area contributed by atoms with Crippen LogP contribution in [0.5, 0.6) is 0 Å². The van der Waals surface area contributed by atoms with Crippen molar-refractivity contribution >= 4 is 6.02 Å². The Bertz CT molecular complexity index is 267. The molecule has 4 heteroatoms. The molecule has 0 fully saturated rings. The Hall–Kier alpha value is -1.45. The third-order valence-corrected chi connectivity index (χ3v) is 1.58. The van der Waals surface area contributed by atoms with Gasteiger partial charge in [0.1, 0.15) is 12.4 Å². The molecule has 0 aromatic carbocycles. The molecular formula is C8H10N2O2. The predicted octanol–water partition coefficient (Wildman–Crippen LogP) is 0.755. The van der Waals surface area contributed by atoms with E-state index >= 15 is 0 Å². The van der Waals surface area contributed by atoms with E-state index in [-0.39, 0.29) is 0 Å². The van der Waals surface area contributed by atoms with Crippen molar-refractivity contribution in [1.29, 1.82) is 0 Å². The molecule has 0 saturated heterocycles. The van der Waals surface area contributed by atoms with Gasteiger partial charge in [0.05, 0.1) is 19.4 Å². The summed E-state index contributed by atoms with van der Waals surface area (Å²) in [6.45, 7) is 2.06. The van der Waals surface area contributed by atoms with Crippen LogP contribution in [0, 0.1) is 0 Å². The van der Waals surface area contributed by atoms with Gasteiger partial charge in [0.15, 0.2) is 0 Å². The summed E-state index contributed by atoms with van der Waals surface area (Å²) in [5.74, 6) is 0.883. The third kappa shape index (κ3) is 1.58. The zero-order valence-corrected chi connectivity index (χ0v) is 6.62. The van der Waals surface area contributed by atoms with E-state index in [0.29, 0.717) is 19.2 Å². The highest BCUT2D eigenvalue weighted by atomic mass is 16.5. The van der Waals surface area contributed by atoms with Crippen LogP contribution in [-0.4, -0.2) is 19.2 Å². The molecule has 64 valence electrons. The molecule has 2 heterocycles. The van der Waals surface area contributed by atoms with Crippen molar-refractivity contribution in [2.24, 2.45) is 4.99 Å². The van der Waals surface area contributed by atoms with Crippen LogP contribution >= 0.6 is 0 Å². The minimum Gasteiger partial charge on any atom is -0.467 e. The van der Waals surface area contributed by atoms with Gasteiger partial charge in [-0.3, -0.25) is 0 Å². The Morgan fingerprint density at radius 2 is 2.58 bits per heavy atom. The van der Waals surface area contributed by atoms with Crippen LogP contribution in [0.4, 0.5) is 0 Å². The molecular weight excluding hydrogens is 156 g/mol. The Morgan fingerprint density at radius 3 is 3.25 bits per heavy atom. The molecule has 1 aliphatic rings. The maximum Gasteiger partial charge on any atom is 0.285 e. The predicted molar refractivity (Wildman–Crippen MR) is 43.8 cm³/mol. The van der Waals surface area contributed by atoms with E-state index < -0.39 is 0 Å². The zero-order valence-electron chi connectivity index (χ0n) is 6.62. The number of hydrogen-bond acceptors (Lipinski definition) is 4. The highest BCUT2D eigenvalue weighted by Gasteiger charge is 2.06. The summed E-state index contributed by atoms with van der Waals surface area (Å²) < 4.78 is 10.3. The first-order valence-electron chi connectivity index (χ1n) is 3.88. The summed E-state index contributed by atoms with van der Waals surface area (Å²) in [4.78, 5) is 4.08. The van der Waals surface area contributed by atoms with Gasteiger partial charge in [0.2, 0.25) is 0 Å². The Morgan fingerprint density at radius 1 is 1.58 bits per heavy atom. The van der Waals surface area contributed by atoms with Gasteiger partial charge < -0.3 is 14.5 Å². The van der Waals surface area contributed by atoms with E-state index in [1.807, 2.05) is 12.1 Å². The van der Waals surface area contributed by atoms with Gasteiger partial charge in [-0.2, -0.15) is 0 Å². The zero-order chi connectivity index (χ0) is 8.23. The molecule has 0 aliphatic carbocycles. The van der Waals surface area contributed by atoms with Gasteiger partial charge in [-0.1, -0.05) is 0 Å². The van der Waals surface area contributed by atoms with E-state index in [9.17, 15) is 0 Å². The van der Waals surface area contributed by atoms with E-state index in [4.69, 9.17) is 9.15 Å². The fraction of sp³-hybridized carbons (Fsp3) is 0.375. The Labute approximate surface area is 70.2 Å². The minimum atomic E-state index is 0.617. The topological polar surface area (TPSA) is 46.8 Å². The fourth-order valence-corrected chi connectivity index (χ4v) is 1.02. The molecule has 0 spiro atoms. The van der Waals surface area contributed by atoms with Gasteiger partial charge in [0, 0.05) is 0 Å². The van der Waals surface area contributed by atoms with Gasteiger partial charge in [-0.15, -0.1) is 0 Å². The first-order chi connectivity index (χ1) is 5.95. The van der Waals surface area contributed by atoms with Gasteiger partial charge >= 0.3 is 0 Å². The molecule has 2 rings (SSSR count). The SMILES string of the molecule is c1coc(CNC2=NCCO2)c1. The van der Waals surface area contributed by atoms with Crippen LogP contribution < -0.4 is 5.32 Å². The second-order valence-corrected chi connectivity index (χ2v) is 2.47. The average molecular weight is 166 g/mol. The molecule has 12 heavy (non-hydrogen) atoms. The van der Waals surface area contributed by atoms with Gasteiger partial charge in [0.25, 0.3) is 6.02 Å². The summed E-state index contributed by atoms with van der Waals surface area (Å²) in [5.41, 5.74) is 0. The number of rotatable bonds is 2. The monoisotopic (exact) mass is 166 g/mol. The van der Waals surface area contributed by atoms with Crippen molar-refractivity contribution in [3.63, 3.8) is 0 Å². The number of ether oxygens (including phenoxy) is 1. The van der Waals surface area contributed by atoms with E-state index in [0.717, 1.165) is 12.3 Å². The Balaban J connectivity index is 1.82. The lowest BCUT2D eigenvalue weighted by atomic mass is 10.4. The summed E-state index contributed by atoms with van der Waals surface area (Å²) >= 11 is 0. The maximum absolute atomic E-state index is 5.15. The second-order valence-electron chi connectivity index (χ2n) is 2.47. The van der Waals surface area contributed by atoms with E-state index in [1.54, 1.807) is 6.26 Å². The number of amidine groups is 1. The molecule has 0 amide bonds. The Kier molecular flexibility index (Phi) is 1.98. The van der Waals surface area contributed by atoms with Crippen LogP contribution in [0.2, 0.25) is 0 Å². The molecule has 1 aliphatic heterocycles. The first kappa shape index (κ1) is 7.21. The normalized spacial score (nSPS) is 15.5. The van der Waals surface area contributed by atoms with Crippen molar-refractivity contribution < 1.29 is 9.15 Å². The number of hydrogen-bond donors (Lipinski definition) is 1. The van der Waals surface area contributed by atoms with Crippen molar-refractivity contribution in [2.45, 2.75) is 6.54 Å². The standard InChI is InChI=1S/C8H10N2O2/c1-2-7(11-4-1)6-10-8-9-3-5-12-8/h1-2,4H,3,5-6H2,(H,9,10). The van der Waals surface area contributed by atoms with Crippen LogP contribution in [0.25, 0.3) is 0 Å². The largest absolute Gasteiger partial charge is 0.467 e. The van der Waals surface area contributed by atoms with Gasteiger partial charge in [-0.25, -0.2) is 4.99 Å². The third-order valence-electron chi connectivity index (χ3n) is 1.58. The molecule has 0 bridgehead atoms. The number of furan rings is 1. The fourth-order valence-electron chi connectivity index (χ4n) is 1.02. The van der Waals surface area contributed by atoms with E-state index in [2.05, 4.69) is 10.3 Å². The summed E-state index contributed by atoms with van der Waals surface area (Å²) in [5, 5.41) is 3.02. The smallest absolute Gasteiger partial charge is 0.285 e. The van der Waals surface area contributed by atoms with Gasteiger partial charge in [-0.05, 0) is 12.1 Å². The molecule has 1 aromatic heterocycles. The summed E-state index contributed by atoms with van der Waals surface area (Å²) in [6, 6.07) is 4.38. The minimum absolute atomic E-state index is 0.617. The number of nitrogens with one attached hydrogen (secondary N) is 1. The molecule has 0 atom stereocenters. The molecule has 0 unspecified atom stereocenters. The number of nitrogens with zero attached hydrogens (tertiary/aromatic N) is 1. The quantitative estimate of drug-likeness (QED) is 0.705. The second kappa shape index (κ2) is 3.30. The highest BCUT2D eigenvalue weighted by molar-refractivity contribution is 5.74. The van der Waals surface area contributed by atoms with Crippen molar-refractivity contribution in [2.75, 3.05) is 13.2 Å². The van der Waals surface area contributed by atoms with Crippen molar-refractivity contribution in [3.8, 4) is 0 Å². The molecule has 4 nitrogen and oxygen atoms in total. The summed E-state index contributed by atoms with van der Waals surface area (Å²) in [6.07, 6.45) is 1.65. The number of aliphatic imine (C=N–C) groups is 1. The lowest BCUT2D eigenvalue weighted by molar-refractivity contribution is 0.329. The lowest BCUT2D eigenvalue weighted by Crippen LogP contribution is -2.22. The molecule has 1 aromatic rings. The van der Waals surface area contributed by atoms with Crippen LogP contribution in [0.1, 0.15) is 5.76 Å². The highest BCUT2D eigenvalue weighted by Crippen LogP contribution is 1.99. The molecule has 0 radical (unpaired) electrons. The first-order valence-corrected chi connectivity index (χ1v) is 3.88. The van der Waals surface area contributed by atoms with Crippen LogP contribution in [0.15, 0.2) is 27.8 Å². The van der Waals surface area contributed by atoms with Crippen LogP contribution in [-0.2, 0) is 11.3 Å². The average Bonchev–Trinajstić information content (AvgIpc) is 2.74. The lowest BCUT2D eigenvalue weighted by Gasteiger charge is -2.02. The van der Waals surface area contributed by atoms with Crippen molar-refractivity contribution in [1.82, 2.24) is 5.32 Å². The van der Waals surface area contributed by atoms with Crippen LogP contribution in [0.3, 0.4) is 0 Å². The molecule has 0 saturated carbocycles.